The number of benzene rings is 1. The summed E-state index contributed by atoms with van der Waals surface area (Å²) in [5, 5.41) is 3.03. The highest BCUT2D eigenvalue weighted by Gasteiger charge is 2.43. The molecule has 2 atom stereocenters. The van der Waals surface area contributed by atoms with Gasteiger partial charge < -0.3 is 19.9 Å². The molecule has 0 saturated carbocycles. The number of likely N-dealkylation sites (tertiary alicyclic amines) is 1. The van der Waals surface area contributed by atoms with Crippen molar-refractivity contribution in [3.05, 3.63) is 47.5 Å². The van der Waals surface area contributed by atoms with Gasteiger partial charge in [0.15, 0.2) is 11.6 Å². The van der Waals surface area contributed by atoms with Crippen LogP contribution >= 0.6 is 11.6 Å². The summed E-state index contributed by atoms with van der Waals surface area (Å²) in [4.78, 5) is 29.9. The number of amides is 1. The number of aromatic nitrogens is 3. The predicted molar refractivity (Wildman–Crippen MR) is 129 cm³/mol. The van der Waals surface area contributed by atoms with Gasteiger partial charge in [-0.1, -0.05) is 17.7 Å². The summed E-state index contributed by atoms with van der Waals surface area (Å²) in [5.74, 6) is 1.37. The number of halogens is 2. The largest absolute Gasteiger partial charge is 0.444 e. The van der Waals surface area contributed by atoms with Crippen molar-refractivity contribution >= 4 is 46.1 Å². The zero-order valence-corrected chi connectivity index (χ0v) is 20.0. The standard InChI is InChI=1S/C24H26ClFN6O2/c1-24(2,3)34-23(33)32-11-14-9-31(10-15(14)12-32)19-8-7-18-21(30-19)22(28-13-27-18)29-17-6-4-5-16(25)20(17)26/h4-8,13-15H,9-12H2,1-3H3,(H,27,28,29)/t14-,15+. The Hall–Kier alpha value is -3.20. The first-order chi connectivity index (χ1) is 16.2. The lowest BCUT2D eigenvalue weighted by Crippen LogP contribution is -2.37. The fourth-order valence-corrected chi connectivity index (χ4v) is 4.76. The molecule has 4 heterocycles. The molecule has 2 aliphatic heterocycles. The van der Waals surface area contributed by atoms with Crippen LogP contribution in [0.3, 0.4) is 0 Å². The van der Waals surface area contributed by atoms with Gasteiger partial charge in [-0.2, -0.15) is 0 Å². The van der Waals surface area contributed by atoms with Gasteiger partial charge in [-0.25, -0.2) is 24.1 Å². The van der Waals surface area contributed by atoms with E-state index in [1.165, 1.54) is 12.4 Å². The lowest BCUT2D eigenvalue weighted by Gasteiger charge is -2.26. The third-order valence-corrected chi connectivity index (χ3v) is 6.43. The first-order valence-electron chi connectivity index (χ1n) is 11.2. The van der Waals surface area contributed by atoms with Gasteiger partial charge in [0.2, 0.25) is 0 Å². The van der Waals surface area contributed by atoms with Crippen molar-refractivity contribution in [2.24, 2.45) is 11.8 Å². The minimum Gasteiger partial charge on any atom is -0.444 e. The molecule has 2 aromatic heterocycles. The van der Waals surface area contributed by atoms with Crippen LogP contribution in [0.2, 0.25) is 5.02 Å². The highest BCUT2D eigenvalue weighted by atomic mass is 35.5. The van der Waals surface area contributed by atoms with Gasteiger partial charge in [0, 0.05) is 38.0 Å². The monoisotopic (exact) mass is 484 g/mol. The third kappa shape index (κ3) is 4.44. The van der Waals surface area contributed by atoms with Crippen LogP contribution < -0.4 is 10.2 Å². The molecular formula is C24H26ClFN6O2. The third-order valence-electron chi connectivity index (χ3n) is 6.13. The Morgan fingerprint density at radius 3 is 2.56 bits per heavy atom. The Labute approximate surface area is 202 Å². The quantitative estimate of drug-likeness (QED) is 0.568. The molecule has 1 N–H and O–H groups in total. The van der Waals surface area contributed by atoms with E-state index in [1.54, 1.807) is 17.0 Å². The van der Waals surface area contributed by atoms with Gasteiger partial charge in [-0.05, 0) is 45.0 Å². The molecule has 2 saturated heterocycles. The number of carbonyl (C=O) groups is 1. The van der Waals surface area contributed by atoms with E-state index in [-0.39, 0.29) is 16.8 Å². The van der Waals surface area contributed by atoms with Crippen molar-refractivity contribution in [1.82, 2.24) is 19.9 Å². The maximum absolute atomic E-state index is 14.4. The number of ether oxygens (including phenoxy) is 1. The molecule has 178 valence electrons. The van der Waals surface area contributed by atoms with Crippen molar-refractivity contribution in [3.63, 3.8) is 0 Å². The Morgan fingerprint density at radius 2 is 1.85 bits per heavy atom. The lowest BCUT2D eigenvalue weighted by atomic mass is 10.0. The number of pyridine rings is 1. The smallest absolute Gasteiger partial charge is 0.410 e. The molecule has 2 fully saturated rings. The van der Waals surface area contributed by atoms with Crippen molar-refractivity contribution < 1.29 is 13.9 Å². The average molecular weight is 485 g/mol. The van der Waals surface area contributed by atoms with E-state index in [1.807, 2.05) is 32.9 Å². The van der Waals surface area contributed by atoms with Crippen molar-refractivity contribution in [2.75, 3.05) is 36.4 Å². The van der Waals surface area contributed by atoms with Crippen LogP contribution in [-0.2, 0) is 4.74 Å². The Balaban J connectivity index is 1.34. The normalized spacial score (nSPS) is 20.0. The van der Waals surface area contributed by atoms with E-state index in [4.69, 9.17) is 21.3 Å². The first kappa shape index (κ1) is 22.6. The lowest BCUT2D eigenvalue weighted by molar-refractivity contribution is 0.0282. The summed E-state index contributed by atoms with van der Waals surface area (Å²) in [7, 11) is 0. The maximum atomic E-state index is 14.4. The van der Waals surface area contributed by atoms with Gasteiger partial charge in [-0.15, -0.1) is 0 Å². The molecule has 0 bridgehead atoms. The van der Waals surface area contributed by atoms with Gasteiger partial charge >= 0.3 is 6.09 Å². The number of fused-ring (bicyclic) bond motifs is 2. The van der Waals surface area contributed by atoms with Crippen LogP contribution in [0.15, 0.2) is 36.7 Å². The second-order valence-corrected chi connectivity index (χ2v) is 10.2. The Morgan fingerprint density at radius 1 is 1.12 bits per heavy atom. The zero-order valence-electron chi connectivity index (χ0n) is 19.3. The molecule has 0 unspecified atom stereocenters. The molecule has 0 radical (unpaired) electrons. The van der Waals surface area contributed by atoms with Crippen LogP contribution in [0, 0.1) is 17.7 Å². The van der Waals surface area contributed by atoms with Gasteiger partial charge in [0.1, 0.15) is 23.3 Å². The van der Waals surface area contributed by atoms with Crippen molar-refractivity contribution in [2.45, 2.75) is 26.4 Å². The molecule has 0 aliphatic carbocycles. The van der Waals surface area contributed by atoms with E-state index in [2.05, 4.69) is 20.2 Å². The number of carbonyl (C=O) groups excluding carboxylic acids is 1. The van der Waals surface area contributed by atoms with Crippen LogP contribution in [0.5, 0.6) is 0 Å². The van der Waals surface area contributed by atoms with Crippen LogP contribution in [0.25, 0.3) is 11.0 Å². The number of nitrogens with one attached hydrogen (secondary N) is 1. The summed E-state index contributed by atoms with van der Waals surface area (Å²) in [6, 6.07) is 8.58. The molecule has 5 rings (SSSR count). The number of hydrogen-bond acceptors (Lipinski definition) is 7. The second kappa shape index (κ2) is 8.54. The van der Waals surface area contributed by atoms with E-state index >= 15 is 0 Å². The Kier molecular flexibility index (Phi) is 5.67. The topological polar surface area (TPSA) is 83.5 Å². The molecule has 10 heteroatoms. The van der Waals surface area contributed by atoms with E-state index in [9.17, 15) is 9.18 Å². The number of anilines is 3. The van der Waals surface area contributed by atoms with Crippen LogP contribution in [0.1, 0.15) is 20.8 Å². The summed E-state index contributed by atoms with van der Waals surface area (Å²) >= 11 is 5.91. The number of hydrogen-bond donors (Lipinski definition) is 1. The zero-order chi connectivity index (χ0) is 24.0. The number of nitrogens with zero attached hydrogens (tertiary/aromatic N) is 5. The predicted octanol–water partition coefficient (Wildman–Crippen LogP) is 4.86. The average Bonchev–Trinajstić information content (AvgIpc) is 3.35. The van der Waals surface area contributed by atoms with E-state index < -0.39 is 11.4 Å². The molecule has 34 heavy (non-hydrogen) atoms. The van der Waals surface area contributed by atoms with Crippen LogP contribution in [-0.4, -0.2) is 57.7 Å². The Bertz CT molecular complexity index is 1240. The molecule has 1 amide bonds. The maximum Gasteiger partial charge on any atom is 0.410 e. The molecule has 1 aromatic carbocycles. The minimum absolute atomic E-state index is 0.0287. The van der Waals surface area contributed by atoms with Gasteiger partial charge in [-0.3, -0.25) is 0 Å². The molecular weight excluding hydrogens is 459 g/mol. The van der Waals surface area contributed by atoms with Gasteiger partial charge in [0.05, 0.1) is 16.2 Å². The van der Waals surface area contributed by atoms with Crippen molar-refractivity contribution in [3.8, 4) is 0 Å². The number of rotatable bonds is 3. The second-order valence-electron chi connectivity index (χ2n) is 9.80. The van der Waals surface area contributed by atoms with E-state index in [0.717, 1.165) is 18.9 Å². The summed E-state index contributed by atoms with van der Waals surface area (Å²) < 4.78 is 19.9. The fraction of sp³-hybridized carbons (Fsp3) is 0.417. The van der Waals surface area contributed by atoms with E-state index in [0.29, 0.717) is 41.8 Å². The molecule has 2 aliphatic rings. The van der Waals surface area contributed by atoms with Gasteiger partial charge in [0.25, 0.3) is 0 Å². The fourth-order valence-electron chi connectivity index (χ4n) is 4.58. The van der Waals surface area contributed by atoms with Crippen molar-refractivity contribution in [1.29, 1.82) is 0 Å². The summed E-state index contributed by atoms with van der Waals surface area (Å²) in [5.41, 5.74) is 0.918. The molecule has 3 aromatic rings. The molecule has 0 spiro atoms. The summed E-state index contributed by atoms with van der Waals surface area (Å²) in [6.45, 7) is 8.57. The SMILES string of the molecule is CC(C)(C)OC(=O)N1C[C@@H]2CN(c3ccc4ncnc(Nc5cccc(Cl)c5F)c4n3)C[C@@H]2C1. The van der Waals surface area contributed by atoms with Crippen LogP contribution in [0.4, 0.5) is 26.5 Å². The minimum atomic E-state index is -0.547. The summed E-state index contributed by atoms with van der Waals surface area (Å²) in [6.07, 6.45) is 1.17. The first-order valence-corrected chi connectivity index (χ1v) is 11.6. The molecule has 8 nitrogen and oxygen atoms in total. The highest BCUT2D eigenvalue weighted by molar-refractivity contribution is 6.31. The highest BCUT2D eigenvalue weighted by Crippen LogP contribution is 2.35.